The van der Waals surface area contributed by atoms with Crippen molar-refractivity contribution in [3.8, 4) is 5.75 Å². The lowest BCUT2D eigenvalue weighted by molar-refractivity contribution is -0.384. The highest BCUT2D eigenvalue weighted by molar-refractivity contribution is 7.99. The first-order valence-corrected chi connectivity index (χ1v) is 6.33. The summed E-state index contributed by atoms with van der Waals surface area (Å²) in [7, 11) is 0. The molecule has 0 bridgehead atoms. The minimum atomic E-state index is -0.468. The van der Waals surface area contributed by atoms with Gasteiger partial charge in [0, 0.05) is 11.8 Å². The van der Waals surface area contributed by atoms with Crippen LogP contribution in [0.25, 0.3) is 0 Å². The largest absolute Gasteiger partial charge is 0.491 e. The predicted molar refractivity (Wildman–Crippen MR) is 66.6 cm³/mol. The van der Waals surface area contributed by atoms with E-state index in [-0.39, 0.29) is 5.69 Å². The predicted octanol–water partition coefficient (Wildman–Crippen LogP) is 3.38. The van der Waals surface area contributed by atoms with E-state index in [0.717, 1.165) is 11.5 Å². The SMILES string of the molecule is CCSCCOc1cc([N+](=O)[O-])ccc1Cl. The fourth-order valence-electron chi connectivity index (χ4n) is 1.07. The molecule has 88 valence electrons. The summed E-state index contributed by atoms with van der Waals surface area (Å²) in [5.41, 5.74) is -0.0115. The van der Waals surface area contributed by atoms with Crippen molar-refractivity contribution in [2.75, 3.05) is 18.1 Å². The van der Waals surface area contributed by atoms with Crippen molar-refractivity contribution < 1.29 is 9.66 Å². The standard InChI is InChI=1S/C10H12ClNO3S/c1-2-16-6-5-15-10-7-8(12(13)14)3-4-9(10)11/h3-4,7H,2,5-6H2,1H3. The second kappa shape index (κ2) is 6.60. The lowest BCUT2D eigenvalue weighted by Gasteiger charge is -2.06. The van der Waals surface area contributed by atoms with Gasteiger partial charge in [0.15, 0.2) is 0 Å². The second-order valence-corrected chi connectivity index (χ2v) is 4.72. The molecule has 1 rings (SSSR count). The highest BCUT2D eigenvalue weighted by Crippen LogP contribution is 2.28. The minimum Gasteiger partial charge on any atom is -0.491 e. The van der Waals surface area contributed by atoms with E-state index in [0.29, 0.717) is 17.4 Å². The zero-order chi connectivity index (χ0) is 12.0. The van der Waals surface area contributed by atoms with E-state index in [2.05, 4.69) is 6.92 Å². The van der Waals surface area contributed by atoms with Gasteiger partial charge in [0.25, 0.3) is 5.69 Å². The Morgan fingerprint density at radius 1 is 1.56 bits per heavy atom. The fraction of sp³-hybridized carbons (Fsp3) is 0.400. The van der Waals surface area contributed by atoms with Crippen molar-refractivity contribution in [1.29, 1.82) is 0 Å². The van der Waals surface area contributed by atoms with Gasteiger partial charge in [0.2, 0.25) is 0 Å². The monoisotopic (exact) mass is 261 g/mol. The Morgan fingerprint density at radius 2 is 2.31 bits per heavy atom. The molecule has 0 aromatic heterocycles. The molecule has 0 aliphatic carbocycles. The third-order valence-electron chi connectivity index (χ3n) is 1.81. The summed E-state index contributed by atoms with van der Waals surface area (Å²) in [4.78, 5) is 10.1. The van der Waals surface area contributed by atoms with E-state index >= 15 is 0 Å². The molecule has 0 spiro atoms. The molecule has 0 aliphatic rings. The van der Waals surface area contributed by atoms with Crippen LogP contribution >= 0.6 is 23.4 Å². The molecule has 6 heteroatoms. The zero-order valence-electron chi connectivity index (χ0n) is 8.81. The van der Waals surface area contributed by atoms with Crippen LogP contribution in [0.4, 0.5) is 5.69 Å². The molecule has 0 saturated carbocycles. The Kier molecular flexibility index (Phi) is 5.42. The molecule has 0 N–H and O–H groups in total. The Morgan fingerprint density at radius 3 is 2.94 bits per heavy atom. The van der Waals surface area contributed by atoms with Gasteiger partial charge in [-0.05, 0) is 11.8 Å². The van der Waals surface area contributed by atoms with Crippen molar-refractivity contribution in [2.24, 2.45) is 0 Å². The summed E-state index contributed by atoms with van der Waals surface area (Å²) >= 11 is 7.60. The number of rotatable bonds is 6. The molecule has 0 atom stereocenters. The van der Waals surface area contributed by atoms with Gasteiger partial charge in [-0.15, -0.1) is 0 Å². The van der Waals surface area contributed by atoms with Crippen LogP contribution < -0.4 is 4.74 Å². The van der Waals surface area contributed by atoms with E-state index in [1.54, 1.807) is 11.8 Å². The Balaban J connectivity index is 2.63. The van der Waals surface area contributed by atoms with Crippen LogP contribution in [0.1, 0.15) is 6.92 Å². The van der Waals surface area contributed by atoms with Gasteiger partial charge in [-0.2, -0.15) is 11.8 Å². The van der Waals surface area contributed by atoms with Crippen molar-refractivity contribution in [3.63, 3.8) is 0 Å². The topological polar surface area (TPSA) is 52.4 Å². The van der Waals surface area contributed by atoms with Crippen LogP contribution in [0, 0.1) is 10.1 Å². The highest BCUT2D eigenvalue weighted by Gasteiger charge is 2.10. The molecule has 0 unspecified atom stereocenters. The summed E-state index contributed by atoms with van der Waals surface area (Å²) in [6, 6.07) is 4.18. The van der Waals surface area contributed by atoms with Crippen LogP contribution in [-0.2, 0) is 0 Å². The third kappa shape index (κ3) is 3.90. The molecule has 1 aromatic carbocycles. The smallest absolute Gasteiger partial charge is 0.273 e. The lowest BCUT2D eigenvalue weighted by Crippen LogP contribution is -2.01. The normalized spacial score (nSPS) is 10.1. The zero-order valence-corrected chi connectivity index (χ0v) is 10.4. The van der Waals surface area contributed by atoms with Crippen molar-refractivity contribution in [2.45, 2.75) is 6.92 Å². The first-order chi connectivity index (χ1) is 7.65. The van der Waals surface area contributed by atoms with Crippen LogP contribution in [-0.4, -0.2) is 23.0 Å². The Hall–Kier alpha value is -0.940. The Labute approximate surface area is 103 Å². The van der Waals surface area contributed by atoms with E-state index in [4.69, 9.17) is 16.3 Å². The Bertz CT molecular complexity index is 373. The van der Waals surface area contributed by atoms with E-state index in [1.165, 1.54) is 18.2 Å². The molecular weight excluding hydrogens is 250 g/mol. The number of ether oxygens (including phenoxy) is 1. The molecule has 0 saturated heterocycles. The van der Waals surface area contributed by atoms with Crippen LogP contribution in [0.3, 0.4) is 0 Å². The van der Waals surface area contributed by atoms with Gasteiger partial charge in [0.05, 0.1) is 22.6 Å². The van der Waals surface area contributed by atoms with Gasteiger partial charge in [-0.3, -0.25) is 10.1 Å². The van der Waals surface area contributed by atoms with Gasteiger partial charge in [-0.1, -0.05) is 18.5 Å². The number of thioether (sulfide) groups is 1. The maximum atomic E-state index is 10.5. The first kappa shape index (κ1) is 13.1. The molecule has 0 fully saturated rings. The number of halogens is 1. The van der Waals surface area contributed by atoms with Gasteiger partial charge in [-0.25, -0.2) is 0 Å². The summed E-state index contributed by atoms with van der Waals surface area (Å²) in [5.74, 6) is 2.23. The molecular formula is C10H12ClNO3S. The molecule has 0 heterocycles. The molecule has 16 heavy (non-hydrogen) atoms. The van der Waals surface area contributed by atoms with E-state index in [1.807, 2.05) is 0 Å². The number of nitro benzene ring substituents is 1. The second-order valence-electron chi connectivity index (χ2n) is 2.92. The third-order valence-corrected chi connectivity index (χ3v) is 2.99. The summed E-state index contributed by atoms with van der Waals surface area (Å²) in [6.07, 6.45) is 0. The molecule has 4 nitrogen and oxygen atoms in total. The van der Waals surface area contributed by atoms with Crippen LogP contribution in [0.5, 0.6) is 5.75 Å². The highest BCUT2D eigenvalue weighted by atomic mass is 35.5. The van der Waals surface area contributed by atoms with Crippen molar-refractivity contribution in [1.82, 2.24) is 0 Å². The summed E-state index contributed by atoms with van der Waals surface area (Å²) in [6.45, 7) is 2.56. The van der Waals surface area contributed by atoms with Crippen LogP contribution in [0.2, 0.25) is 5.02 Å². The average Bonchev–Trinajstić information content (AvgIpc) is 2.26. The van der Waals surface area contributed by atoms with E-state index < -0.39 is 4.92 Å². The van der Waals surface area contributed by atoms with Gasteiger partial charge in [0.1, 0.15) is 5.75 Å². The van der Waals surface area contributed by atoms with Gasteiger partial charge < -0.3 is 4.74 Å². The number of nitrogens with zero attached hydrogens (tertiary/aromatic N) is 1. The molecule has 0 amide bonds. The quantitative estimate of drug-likeness (QED) is 0.447. The fourth-order valence-corrected chi connectivity index (χ4v) is 1.73. The molecule has 0 aliphatic heterocycles. The number of hydrogen-bond donors (Lipinski definition) is 0. The van der Waals surface area contributed by atoms with Crippen molar-refractivity contribution >= 4 is 29.1 Å². The molecule has 1 aromatic rings. The summed E-state index contributed by atoms with van der Waals surface area (Å²) < 4.78 is 5.37. The van der Waals surface area contributed by atoms with Gasteiger partial charge >= 0.3 is 0 Å². The van der Waals surface area contributed by atoms with E-state index in [9.17, 15) is 10.1 Å². The number of hydrogen-bond acceptors (Lipinski definition) is 4. The number of benzene rings is 1. The number of non-ortho nitro benzene ring substituents is 1. The number of nitro groups is 1. The molecule has 0 radical (unpaired) electrons. The average molecular weight is 262 g/mol. The first-order valence-electron chi connectivity index (χ1n) is 4.79. The summed E-state index contributed by atoms with van der Waals surface area (Å²) in [5, 5.41) is 10.9. The lowest BCUT2D eigenvalue weighted by atomic mass is 10.3. The maximum Gasteiger partial charge on any atom is 0.273 e. The minimum absolute atomic E-state index is 0.0115. The van der Waals surface area contributed by atoms with Crippen molar-refractivity contribution in [3.05, 3.63) is 33.3 Å². The maximum absolute atomic E-state index is 10.5. The van der Waals surface area contributed by atoms with Crippen LogP contribution in [0.15, 0.2) is 18.2 Å².